The van der Waals surface area contributed by atoms with E-state index in [-0.39, 0.29) is 0 Å². The van der Waals surface area contributed by atoms with Crippen molar-refractivity contribution >= 4 is 22.4 Å². The molecule has 2 heterocycles. The van der Waals surface area contributed by atoms with Crippen LogP contribution in [0.4, 0.5) is 0 Å². The molecule has 0 aliphatic carbocycles. The number of fused-ring (bicyclic) bond motifs is 1. The van der Waals surface area contributed by atoms with E-state index in [4.69, 9.17) is 16.1 Å². The van der Waals surface area contributed by atoms with E-state index in [1.54, 1.807) is 0 Å². The van der Waals surface area contributed by atoms with Crippen LogP contribution in [-0.4, -0.2) is 27.1 Å². The average molecular weight is 379 g/mol. The van der Waals surface area contributed by atoms with Crippen molar-refractivity contribution < 1.29 is 4.52 Å². The third-order valence-electron chi connectivity index (χ3n) is 4.43. The van der Waals surface area contributed by atoms with Gasteiger partial charge in [-0.15, -0.1) is 0 Å². The van der Waals surface area contributed by atoms with E-state index in [1.807, 2.05) is 49.8 Å². The van der Waals surface area contributed by atoms with Gasteiger partial charge in [-0.1, -0.05) is 53.2 Å². The number of hydrogen-bond donors (Lipinski definition) is 0. The van der Waals surface area contributed by atoms with Crippen LogP contribution in [0, 0.1) is 0 Å². The maximum Gasteiger partial charge on any atom is 0.240 e. The van der Waals surface area contributed by atoms with Crippen molar-refractivity contribution in [3.63, 3.8) is 0 Å². The molecular weight excluding hydrogens is 360 g/mol. The van der Waals surface area contributed by atoms with E-state index in [1.165, 1.54) is 10.9 Å². The SMILES string of the molecule is CN(Cc1nc(Cc2ccccc2Cl)no1)Cc1cccc2cnccc12. The van der Waals surface area contributed by atoms with Crippen molar-refractivity contribution in [3.05, 3.63) is 88.8 Å². The largest absolute Gasteiger partial charge is 0.338 e. The molecule has 2 aromatic heterocycles. The Labute approximate surface area is 162 Å². The van der Waals surface area contributed by atoms with Crippen LogP contribution in [-0.2, 0) is 19.5 Å². The van der Waals surface area contributed by atoms with Crippen LogP contribution in [0.25, 0.3) is 10.8 Å². The summed E-state index contributed by atoms with van der Waals surface area (Å²) in [5, 5.41) is 7.15. The first-order valence-electron chi connectivity index (χ1n) is 8.74. The lowest BCUT2D eigenvalue weighted by Gasteiger charge is -2.15. The van der Waals surface area contributed by atoms with Crippen molar-refractivity contribution in [2.75, 3.05) is 7.05 Å². The first kappa shape index (κ1) is 17.6. The molecule has 5 nitrogen and oxygen atoms in total. The zero-order chi connectivity index (χ0) is 18.6. The van der Waals surface area contributed by atoms with Gasteiger partial charge in [0.1, 0.15) is 0 Å². The highest BCUT2D eigenvalue weighted by atomic mass is 35.5. The van der Waals surface area contributed by atoms with Gasteiger partial charge in [-0.3, -0.25) is 9.88 Å². The number of rotatable bonds is 6. The normalized spacial score (nSPS) is 11.4. The van der Waals surface area contributed by atoms with Crippen molar-refractivity contribution in [2.24, 2.45) is 0 Å². The molecule has 0 N–H and O–H groups in total. The number of halogens is 1. The molecule has 0 saturated heterocycles. The summed E-state index contributed by atoms with van der Waals surface area (Å²) in [5.41, 5.74) is 2.23. The third kappa shape index (κ3) is 4.15. The lowest BCUT2D eigenvalue weighted by Crippen LogP contribution is -2.17. The van der Waals surface area contributed by atoms with Gasteiger partial charge in [-0.2, -0.15) is 4.98 Å². The van der Waals surface area contributed by atoms with E-state index in [2.05, 4.69) is 38.2 Å². The van der Waals surface area contributed by atoms with E-state index in [0.717, 1.165) is 17.5 Å². The first-order chi connectivity index (χ1) is 13.2. The molecule has 0 saturated carbocycles. The Balaban J connectivity index is 1.43. The zero-order valence-corrected chi connectivity index (χ0v) is 15.7. The second-order valence-electron chi connectivity index (χ2n) is 6.56. The molecule has 0 unspecified atom stereocenters. The van der Waals surface area contributed by atoms with Gasteiger partial charge in [0.15, 0.2) is 5.82 Å². The van der Waals surface area contributed by atoms with Gasteiger partial charge in [0.25, 0.3) is 0 Å². The summed E-state index contributed by atoms with van der Waals surface area (Å²) in [4.78, 5) is 10.8. The van der Waals surface area contributed by atoms with Crippen LogP contribution in [0.3, 0.4) is 0 Å². The fourth-order valence-electron chi connectivity index (χ4n) is 3.14. The molecule has 0 fully saturated rings. The Bertz CT molecular complexity index is 1060. The van der Waals surface area contributed by atoms with Crippen LogP contribution < -0.4 is 0 Å². The molecule has 0 aliphatic rings. The van der Waals surface area contributed by atoms with Crippen molar-refractivity contribution in [2.45, 2.75) is 19.5 Å². The summed E-state index contributed by atoms with van der Waals surface area (Å²) >= 11 is 6.20. The predicted molar refractivity (Wildman–Crippen MR) is 105 cm³/mol. The molecule has 27 heavy (non-hydrogen) atoms. The van der Waals surface area contributed by atoms with Crippen molar-refractivity contribution in [1.29, 1.82) is 0 Å². The van der Waals surface area contributed by atoms with Gasteiger partial charge in [0.05, 0.1) is 6.54 Å². The van der Waals surface area contributed by atoms with Gasteiger partial charge < -0.3 is 4.52 Å². The molecule has 0 aliphatic heterocycles. The minimum absolute atomic E-state index is 0.559. The predicted octanol–water partition coefficient (Wildman–Crippen LogP) is 4.49. The Morgan fingerprint density at radius 2 is 1.85 bits per heavy atom. The molecule has 4 aromatic rings. The van der Waals surface area contributed by atoms with Crippen LogP contribution in [0.5, 0.6) is 0 Å². The fourth-order valence-corrected chi connectivity index (χ4v) is 3.35. The first-order valence-corrected chi connectivity index (χ1v) is 9.12. The molecular formula is C21H19ClN4O. The van der Waals surface area contributed by atoms with Gasteiger partial charge >= 0.3 is 0 Å². The number of aromatic nitrogens is 3. The number of nitrogens with zero attached hydrogens (tertiary/aromatic N) is 4. The van der Waals surface area contributed by atoms with Gasteiger partial charge in [-0.05, 0) is 35.7 Å². The van der Waals surface area contributed by atoms with Crippen LogP contribution >= 0.6 is 11.6 Å². The molecule has 0 amide bonds. The molecule has 2 aromatic carbocycles. The van der Waals surface area contributed by atoms with E-state index in [0.29, 0.717) is 29.7 Å². The Morgan fingerprint density at radius 1 is 1.00 bits per heavy atom. The van der Waals surface area contributed by atoms with E-state index < -0.39 is 0 Å². The monoisotopic (exact) mass is 378 g/mol. The van der Waals surface area contributed by atoms with Crippen LogP contribution in [0.2, 0.25) is 5.02 Å². The topological polar surface area (TPSA) is 55.1 Å². The lowest BCUT2D eigenvalue weighted by molar-refractivity contribution is 0.261. The van der Waals surface area contributed by atoms with E-state index in [9.17, 15) is 0 Å². The van der Waals surface area contributed by atoms with Gasteiger partial charge in [0, 0.05) is 35.8 Å². The highest BCUT2D eigenvalue weighted by Gasteiger charge is 2.12. The average Bonchev–Trinajstić information content (AvgIpc) is 3.11. The summed E-state index contributed by atoms with van der Waals surface area (Å²) in [6.07, 6.45) is 4.27. The van der Waals surface area contributed by atoms with E-state index >= 15 is 0 Å². The molecule has 6 heteroatoms. The Kier molecular flexibility index (Phi) is 5.14. The molecule has 0 atom stereocenters. The summed E-state index contributed by atoms with van der Waals surface area (Å²) in [6.45, 7) is 1.36. The highest BCUT2D eigenvalue weighted by Crippen LogP contribution is 2.20. The summed E-state index contributed by atoms with van der Waals surface area (Å²) in [7, 11) is 2.04. The maximum atomic E-state index is 6.20. The molecule has 0 radical (unpaired) electrons. The van der Waals surface area contributed by atoms with Crippen molar-refractivity contribution in [3.8, 4) is 0 Å². The molecule has 0 bridgehead atoms. The minimum atomic E-state index is 0.559. The highest BCUT2D eigenvalue weighted by molar-refractivity contribution is 6.31. The number of pyridine rings is 1. The number of hydrogen-bond acceptors (Lipinski definition) is 5. The molecule has 136 valence electrons. The summed E-state index contributed by atoms with van der Waals surface area (Å²) < 4.78 is 5.42. The van der Waals surface area contributed by atoms with Crippen LogP contribution in [0.1, 0.15) is 22.8 Å². The Morgan fingerprint density at radius 3 is 2.74 bits per heavy atom. The number of benzene rings is 2. The van der Waals surface area contributed by atoms with Gasteiger partial charge in [-0.25, -0.2) is 0 Å². The quantitative estimate of drug-likeness (QED) is 0.494. The van der Waals surface area contributed by atoms with Gasteiger partial charge in [0.2, 0.25) is 5.89 Å². The standard InChI is InChI=1S/C21H19ClN4O/c1-26(13-17-7-4-6-16-12-23-10-9-18(16)17)14-21-24-20(25-27-21)11-15-5-2-3-8-19(15)22/h2-10,12H,11,13-14H2,1H3. The zero-order valence-electron chi connectivity index (χ0n) is 15.0. The maximum absolute atomic E-state index is 6.20. The Hall–Kier alpha value is -2.76. The molecule has 4 rings (SSSR count). The summed E-state index contributed by atoms with van der Waals surface area (Å²) in [5.74, 6) is 1.24. The van der Waals surface area contributed by atoms with Crippen LogP contribution in [0.15, 0.2) is 65.4 Å². The summed E-state index contributed by atoms with van der Waals surface area (Å²) in [6, 6.07) is 16.0. The van der Waals surface area contributed by atoms with Crippen molar-refractivity contribution in [1.82, 2.24) is 20.0 Å². The smallest absolute Gasteiger partial charge is 0.240 e. The second-order valence-corrected chi connectivity index (χ2v) is 6.97. The lowest BCUT2D eigenvalue weighted by atomic mass is 10.1. The fraction of sp³-hybridized carbons (Fsp3) is 0.190. The second kappa shape index (κ2) is 7.86. The third-order valence-corrected chi connectivity index (χ3v) is 4.80. The minimum Gasteiger partial charge on any atom is -0.338 e. The molecule has 0 spiro atoms.